The molecule has 0 radical (unpaired) electrons. The molecule has 18 heavy (non-hydrogen) atoms. The van der Waals surface area contributed by atoms with Crippen molar-refractivity contribution >= 4 is 29.1 Å². The molecule has 3 heterocycles. The van der Waals surface area contributed by atoms with Gasteiger partial charge in [0, 0.05) is 12.6 Å². The van der Waals surface area contributed by atoms with Crippen molar-refractivity contribution in [3.8, 4) is 0 Å². The number of anilines is 1. The van der Waals surface area contributed by atoms with Crippen molar-refractivity contribution in [1.82, 2.24) is 19.6 Å². The lowest BCUT2D eigenvalue weighted by atomic mass is 10.2. The molecule has 1 saturated heterocycles. The summed E-state index contributed by atoms with van der Waals surface area (Å²) in [6.45, 7) is 0.739. The van der Waals surface area contributed by atoms with E-state index in [0.717, 1.165) is 19.4 Å². The van der Waals surface area contributed by atoms with Crippen molar-refractivity contribution in [2.75, 3.05) is 11.4 Å². The second-order valence-electron chi connectivity index (χ2n) is 4.16. The average Bonchev–Trinajstić information content (AvgIpc) is 2.95. The minimum atomic E-state index is -0.339. The van der Waals surface area contributed by atoms with Gasteiger partial charge in [-0.05, 0) is 12.8 Å². The van der Waals surface area contributed by atoms with Crippen molar-refractivity contribution in [3.05, 3.63) is 17.5 Å². The number of halogens is 1. The van der Waals surface area contributed by atoms with Gasteiger partial charge in [0.05, 0.1) is 0 Å². The Hall–Kier alpha value is -1.89. The van der Waals surface area contributed by atoms with E-state index in [1.807, 2.05) is 4.90 Å². The molecule has 94 valence electrons. The molecule has 7 nitrogen and oxygen atoms in total. The number of fused-ring (bicyclic) bond motifs is 1. The summed E-state index contributed by atoms with van der Waals surface area (Å²) in [5.74, 6) is 0.769. The zero-order valence-electron chi connectivity index (χ0n) is 9.45. The van der Waals surface area contributed by atoms with E-state index in [0.29, 0.717) is 16.7 Å². The zero-order chi connectivity index (χ0) is 12.7. The summed E-state index contributed by atoms with van der Waals surface area (Å²) in [7, 11) is 0. The Labute approximate surface area is 108 Å². The standard InChI is InChI=1S/C10H11ClN6O/c11-7-4-8(17-10(15-7)13-5-14-17)16-3-1-2-6(16)9(12)18/h4-6H,1-3H2,(H2,12,18). The van der Waals surface area contributed by atoms with E-state index in [9.17, 15) is 4.79 Å². The molecule has 1 aliphatic rings. The Bertz CT molecular complexity index is 611. The third-order valence-electron chi connectivity index (χ3n) is 3.08. The topological polar surface area (TPSA) is 89.4 Å². The number of nitrogens with zero attached hydrogens (tertiary/aromatic N) is 5. The van der Waals surface area contributed by atoms with Gasteiger partial charge in [-0.15, -0.1) is 0 Å². The van der Waals surface area contributed by atoms with Gasteiger partial charge >= 0.3 is 0 Å². The molecule has 2 aromatic rings. The highest BCUT2D eigenvalue weighted by Crippen LogP contribution is 2.26. The number of hydrogen-bond donors (Lipinski definition) is 1. The maximum absolute atomic E-state index is 11.4. The summed E-state index contributed by atoms with van der Waals surface area (Å²) >= 11 is 5.95. The molecular weight excluding hydrogens is 256 g/mol. The van der Waals surface area contributed by atoms with Crippen LogP contribution < -0.4 is 10.6 Å². The molecule has 0 spiro atoms. The van der Waals surface area contributed by atoms with Gasteiger partial charge in [0.1, 0.15) is 23.3 Å². The number of hydrogen-bond acceptors (Lipinski definition) is 5. The molecule has 1 fully saturated rings. The van der Waals surface area contributed by atoms with Crippen LogP contribution in [0.4, 0.5) is 5.82 Å². The summed E-state index contributed by atoms with van der Waals surface area (Å²) in [6.07, 6.45) is 3.05. The normalized spacial score (nSPS) is 19.6. The highest BCUT2D eigenvalue weighted by atomic mass is 35.5. The molecule has 2 aromatic heterocycles. The number of primary amides is 1. The van der Waals surface area contributed by atoms with Crippen LogP contribution in [0.2, 0.25) is 5.15 Å². The van der Waals surface area contributed by atoms with Crippen molar-refractivity contribution < 1.29 is 4.79 Å². The summed E-state index contributed by atoms with van der Waals surface area (Å²) in [4.78, 5) is 21.4. The van der Waals surface area contributed by atoms with Gasteiger partial charge < -0.3 is 10.6 Å². The van der Waals surface area contributed by atoms with Crippen LogP contribution in [-0.4, -0.2) is 38.1 Å². The summed E-state index contributed by atoms with van der Waals surface area (Å²) in [5, 5.41) is 4.41. The van der Waals surface area contributed by atoms with Crippen LogP contribution >= 0.6 is 11.6 Å². The summed E-state index contributed by atoms with van der Waals surface area (Å²) in [5.41, 5.74) is 5.41. The van der Waals surface area contributed by atoms with Gasteiger partial charge in [0.15, 0.2) is 0 Å². The Morgan fingerprint density at radius 2 is 2.39 bits per heavy atom. The first-order chi connectivity index (χ1) is 8.66. The maximum atomic E-state index is 11.4. The first kappa shape index (κ1) is 11.2. The lowest BCUT2D eigenvalue weighted by Gasteiger charge is -2.24. The van der Waals surface area contributed by atoms with E-state index in [4.69, 9.17) is 17.3 Å². The lowest BCUT2D eigenvalue weighted by molar-refractivity contribution is -0.119. The molecule has 1 aliphatic heterocycles. The molecule has 1 atom stereocenters. The lowest BCUT2D eigenvalue weighted by Crippen LogP contribution is -2.41. The minimum absolute atomic E-state index is 0.320. The number of amides is 1. The predicted octanol–water partition coefficient (Wildman–Crippen LogP) is 0.232. The third-order valence-corrected chi connectivity index (χ3v) is 3.27. The highest BCUT2D eigenvalue weighted by molar-refractivity contribution is 6.29. The molecule has 1 amide bonds. The number of aromatic nitrogens is 4. The largest absolute Gasteiger partial charge is 0.368 e. The van der Waals surface area contributed by atoms with Crippen molar-refractivity contribution in [3.63, 3.8) is 0 Å². The van der Waals surface area contributed by atoms with Gasteiger partial charge in [-0.1, -0.05) is 11.6 Å². The smallest absolute Gasteiger partial charge is 0.255 e. The Morgan fingerprint density at radius 1 is 1.56 bits per heavy atom. The van der Waals surface area contributed by atoms with E-state index < -0.39 is 0 Å². The quantitative estimate of drug-likeness (QED) is 0.786. The average molecular weight is 267 g/mol. The fourth-order valence-corrected chi connectivity index (χ4v) is 2.48. The van der Waals surface area contributed by atoms with Gasteiger partial charge in [-0.3, -0.25) is 4.79 Å². The Balaban J connectivity index is 2.13. The number of nitrogens with two attached hydrogens (primary N) is 1. The molecular formula is C10H11ClN6O. The van der Waals surface area contributed by atoms with Crippen LogP contribution in [0.15, 0.2) is 12.4 Å². The molecule has 3 rings (SSSR count). The first-order valence-electron chi connectivity index (χ1n) is 5.59. The predicted molar refractivity (Wildman–Crippen MR) is 65.4 cm³/mol. The second-order valence-corrected chi connectivity index (χ2v) is 4.55. The fraction of sp³-hybridized carbons (Fsp3) is 0.400. The summed E-state index contributed by atoms with van der Waals surface area (Å²) < 4.78 is 1.56. The van der Waals surface area contributed by atoms with Crippen LogP contribution in [0.1, 0.15) is 12.8 Å². The molecule has 1 unspecified atom stereocenters. The Kier molecular flexibility index (Phi) is 2.55. The number of rotatable bonds is 2. The summed E-state index contributed by atoms with van der Waals surface area (Å²) in [6, 6.07) is 1.35. The van der Waals surface area contributed by atoms with E-state index in [-0.39, 0.29) is 11.9 Å². The van der Waals surface area contributed by atoms with Crippen LogP contribution in [0, 0.1) is 0 Å². The van der Waals surface area contributed by atoms with Gasteiger partial charge in [0.25, 0.3) is 5.78 Å². The zero-order valence-corrected chi connectivity index (χ0v) is 10.2. The van der Waals surface area contributed by atoms with Gasteiger partial charge in [-0.25, -0.2) is 0 Å². The van der Waals surface area contributed by atoms with Crippen LogP contribution in [0.25, 0.3) is 5.78 Å². The van der Waals surface area contributed by atoms with E-state index in [1.165, 1.54) is 6.33 Å². The SMILES string of the molecule is NC(=O)C1CCCN1c1cc(Cl)nc2ncnn12. The fourth-order valence-electron chi connectivity index (χ4n) is 2.31. The molecule has 2 N–H and O–H groups in total. The minimum Gasteiger partial charge on any atom is -0.368 e. The monoisotopic (exact) mass is 266 g/mol. The number of carbonyl (C=O) groups is 1. The number of carbonyl (C=O) groups excluding carboxylic acids is 1. The molecule has 8 heteroatoms. The molecule has 0 aliphatic carbocycles. The highest BCUT2D eigenvalue weighted by Gasteiger charge is 2.31. The molecule has 0 aromatic carbocycles. The van der Waals surface area contributed by atoms with Crippen LogP contribution in [0.3, 0.4) is 0 Å². The van der Waals surface area contributed by atoms with Crippen LogP contribution in [-0.2, 0) is 4.79 Å². The van der Waals surface area contributed by atoms with Crippen molar-refractivity contribution in [2.45, 2.75) is 18.9 Å². The first-order valence-corrected chi connectivity index (χ1v) is 5.97. The van der Waals surface area contributed by atoms with E-state index >= 15 is 0 Å². The Morgan fingerprint density at radius 3 is 3.17 bits per heavy atom. The van der Waals surface area contributed by atoms with Crippen LogP contribution in [0.5, 0.6) is 0 Å². The van der Waals surface area contributed by atoms with E-state index in [1.54, 1.807) is 10.6 Å². The van der Waals surface area contributed by atoms with E-state index in [2.05, 4.69) is 15.1 Å². The molecule has 0 saturated carbocycles. The molecule has 0 bridgehead atoms. The van der Waals surface area contributed by atoms with Gasteiger partial charge in [-0.2, -0.15) is 19.6 Å². The third kappa shape index (κ3) is 1.67. The van der Waals surface area contributed by atoms with Crippen molar-refractivity contribution in [1.29, 1.82) is 0 Å². The van der Waals surface area contributed by atoms with Gasteiger partial charge in [0.2, 0.25) is 5.91 Å². The maximum Gasteiger partial charge on any atom is 0.255 e. The van der Waals surface area contributed by atoms with Crippen molar-refractivity contribution in [2.24, 2.45) is 5.73 Å². The second kappa shape index (κ2) is 4.09.